The molecule has 0 amide bonds. The highest BCUT2D eigenvalue weighted by Crippen LogP contribution is 2.20. The molecule has 7 heavy (non-hydrogen) atoms. The maximum absolute atomic E-state index is 5.48. The van der Waals surface area contributed by atoms with E-state index in [-0.39, 0.29) is 0 Å². The van der Waals surface area contributed by atoms with Crippen LogP contribution in [-0.2, 0) is 4.43 Å². The van der Waals surface area contributed by atoms with E-state index in [2.05, 4.69) is 13.1 Å². The third-order valence-corrected chi connectivity index (χ3v) is 3.96. The van der Waals surface area contributed by atoms with Gasteiger partial charge in [0.15, 0.2) is 8.32 Å². The molecule has 1 aliphatic heterocycles. The summed E-state index contributed by atoms with van der Waals surface area (Å²) in [6, 6.07) is 1.37. The molecule has 1 rings (SSSR count). The Balaban J connectivity index is 2.40. The molecule has 1 saturated heterocycles. The molecule has 1 nitrogen and oxygen atoms in total. The van der Waals surface area contributed by atoms with E-state index in [4.69, 9.17) is 4.43 Å². The average molecular weight is 116 g/mol. The van der Waals surface area contributed by atoms with Crippen LogP contribution in [0.5, 0.6) is 0 Å². The minimum atomic E-state index is -1.04. The molecule has 0 aromatic heterocycles. The Morgan fingerprint density at radius 2 is 2.14 bits per heavy atom. The summed E-state index contributed by atoms with van der Waals surface area (Å²) in [5, 5.41) is 0. The lowest BCUT2D eigenvalue weighted by atomic mass is 10.5. The normalized spacial score (nSPS) is 28.3. The Kier molecular flexibility index (Phi) is 1.21. The summed E-state index contributed by atoms with van der Waals surface area (Å²) >= 11 is 0. The molecule has 2 heteroatoms. The van der Waals surface area contributed by atoms with E-state index in [0.29, 0.717) is 0 Å². The van der Waals surface area contributed by atoms with Crippen molar-refractivity contribution in [1.82, 2.24) is 0 Å². The molecule has 0 unspecified atom stereocenters. The topological polar surface area (TPSA) is 9.23 Å². The van der Waals surface area contributed by atoms with Gasteiger partial charge < -0.3 is 4.43 Å². The molecule has 0 atom stereocenters. The second-order valence-corrected chi connectivity index (χ2v) is 7.02. The van der Waals surface area contributed by atoms with Crippen LogP contribution in [0.3, 0.4) is 0 Å². The summed E-state index contributed by atoms with van der Waals surface area (Å²) in [6.45, 7) is 5.58. The fraction of sp³-hybridized carbons (Fsp3) is 1.00. The molecule has 42 valence electrons. The molecule has 1 aliphatic rings. The molecule has 0 bridgehead atoms. The van der Waals surface area contributed by atoms with Crippen molar-refractivity contribution in [3.63, 3.8) is 0 Å². The quantitative estimate of drug-likeness (QED) is 0.437. The number of hydrogen-bond donors (Lipinski definition) is 0. The highest BCUT2D eigenvalue weighted by molar-refractivity contribution is 6.71. The zero-order chi connectivity index (χ0) is 5.33. The van der Waals surface area contributed by atoms with Gasteiger partial charge in [-0.1, -0.05) is 0 Å². The Morgan fingerprint density at radius 1 is 1.43 bits per heavy atom. The number of rotatable bonds is 0. The van der Waals surface area contributed by atoms with Crippen LogP contribution in [0.2, 0.25) is 19.1 Å². The van der Waals surface area contributed by atoms with Crippen molar-refractivity contribution in [3.05, 3.63) is 0 Å². The van der Waals surface area contributed by atoms with Gasteiger partial charge in [0.1, 0.15) is 0 Å². The van der Waals surface area contributed by atoms with E-state index in [9.17, 15) is 0 Å². The fourth-order valence-corrected chi connectivity index (χ4v) is 2.76. The molecule has 0 saturated carbocycles. The van der Waals surface area contributed by atoms with Crippen LogP contribution in [-0.4, -0.2) is 14.9 Å². The fourth-order valence-electron chi connectivity index (χ4n) is 0.919. The van der Waals surface area contributed by atoms with Gasteiger partial charge in [-0.15, -0.1) is 0 Å². The monoisotopic (exact) mass is 116 g/mol. The molecular weight excluding hydrogens is 104 g/mol. The van der Waals surface area contributed by atoms with Crippen molar-refractivity contribution < 1.29 is 4.43 Å². The minimum absolute atomic E-state index is 1.03. The standard InChI is InChI=1S/C5H12OSi/c1-7(2)5-3-4-6-7/h3-5H2,1-2H3. The summed E-state index contributed by atoms with van der Waals surface area (Å²) < 4.78 is 5.48. The smallest absolute Gasteiger partial charge is 0.186 e. The third kappa shape index (κ3) is 1.28. The molecule has 0 spiro atoms. The van der Waals surface area contributed by atoms with Gasteiger partial charge in [0.2, 0.25) is 0 Å². The van der Waals surface area contributed by atoms with Gasteiger partial charge in [-0.2, -0.15) is 0 Å². The lowest BCUT2D eigenvalue weighted by Crippen LogP contribution is -2.22. The van der Waals surface area contributed by atoms with Gasteiger partial charge in [0.05, 0.1) is 0 Å². The van der Waals surface area contributed by atoms with E-state index in [0.717, 1.165) is 6.61 Å². The summed E-state index contributed by atoms with van der Waals surface area (Å²) in [7, 11) is -1.04. The van der Waals surface area contributed by atoms with Gasteiger partial charge in [-0.05, 0) is 25.6 Å². The van der Waals surface area contributed by atoms with Crippen molar-refractivity contribution in [3.8, 4) is 0 Å². The predicted molar refractivity (Wildman–Crippen MR) is 32.9 cm³/mol. The first-order chi connectivity index (χ1) is 3.21. The van der Waals surface area contributed by atoms with Crippen molar-refractivity contribution in [2.45, 2.75) is 25.6 Å². The molecule has 0 N–H and O–H groups in total. The van der Waals surface area contributed by atoms with Crippen LogP contribution in [0.15, 0.2) is 0 Å². The second kappa shape index (κ2) is 1.60. The molecule has 1 heterocycles. The predicted octanol–water partition coefficient (Wildman–Crippen LogP) is 1.61. The van der Waals surface area contributed by atoms with Crippen LogP contribution < -0.4 is 0 Å². The first-order valence-electron chi connectivity index (χ1n) is 2.85. The van der Waals surface area contributed by atoms with Gasteiger partial charge in [-0.3, -0.25) is 0 Å². The molecule has 1 fully saturated rings. The lowest BCUT2D eigenvalue weighted by Gasteiger charge is -2.10. The SMILES string of the molecule is C[Si]1(C)CCCO1. The van der Waals surface area contributed by atoms with Crippen molar-refractivity contribution in [1.29, 1.82) is 0 Å². The zero-order valence-corrected chi connectivity index (χ0v) is 6.03. The largest absolute Gasteiger partial charge is 0.417 e. The van der Waals surface area contributed by atoms with E-state index in [1.54, 1.807) is 0 Å². The molecule has 0 aliphatic carbocycles. The Morgan fingerprint density at radius 3 is 2.29 bits per heavy atom. The van der Waals surface area contributed by atoms with E-state index in [1.165, 1.54) is 12.5 Å². The Labute approximate surface area is 45.8 Å². The van der Waals surface area contributed by atoms with Crippen molar-refractivity contribution in [2.24, 2.45) is 0 Å². The van der Waals surface area contributed by atoms with Crippen molar-refractivity contribution >= 4 is 8.32 Å². The molecule has 0 radical (unpaired) electrons. The van der Waals surface area contributed by atoms with E-state index < -0.39 is 8.32 Å². The van der Waals surface area contributed by atoms with E-state index in [1.807, 2.05) is 0 Å². The third-order valence-electron chi connectivity index (χ3n) is 1.42. The minimum Gasteiger partial charge on any atom is -0.417 e. The van der Waals surface area contributed by atoms with Gasteiger partial charge in [0, 0.05) is 6.61 Å². The highest BCUT2D eigenvalue weighted by Gasteiger charge is 2.26. The summed E-state index contributed by atoms with van der Waals surface area (Å²) in [6.07, 6.45) is 1.30. The van der Waals surface area contributed by atoms with Gasteiger partial charge >= 0.3 is 0 Å². The number of hydrogen-bond acceptors (Lipinski definition) is 1. The average Bonchev–Trinajstić information content (AvgIpc) is 1.84. The van der Waals surface area contributed by atoms with Crippen molar-refractivity contribution in [2.75, 3.05) is 6.61 Å². The molecule has 0 aromatic carbocycles. The maximum Gasteiger partial charge on any atom is 0.186 e. The van der Waals surface area contributed by atoms with Crippen LogP contribution in [0.1, 0.15) is 6.42 Å². The van der Waals surface area contributed by atoms with Gasteiger partial charge in [0.25, 0.3) is 0 Å². The van der Waals surface area contributed by atoms with Crippen LogP contribution >= 0.6 is 0 Å². The first kappa shape index (κ1) is 5.32. The second-order valence-electron chi connectivity index (χ2n) is 2.71. The Bertz CT molecular complexity index is 62.5. The summed E-state index contributed by atoms with van der Waals surface area (Å²) in [5.41, 5.74) is 0. The van der Waals surface area contributed by atoms with Crippen LogP contribution in [0.4, 0.5) is 0 Å². The van der Waals surface area contributed by atoms with Gasteiger partial charge in [-0.25, -0.2) is 0 Å². The lowest BCUT2D eigenvalue weighted by molar-refractivity contribution is 0.350. The summed E-state index contributed by atoms with van der Waals surface area (Å²) in [4.78, 5) is 0. The first-order valence-corrected chi connectivity index (χ1v) is 5.96. The van der Waals surface area contributed by atoms with E-state index >= 15 is 0 Å². The Hall–Kier alpha value is 0.177. The van der Waals surface area contributed by atoms with Crippen LogP contribution in [0.25, 0.3) is 0 Å². The highest BCUT2D eigenvalue weighted by atomic mass is 28.4. The summed E-state index contributed by atoms with van der Waals surface area (Å²) in [5.74, 6) is 0. The zero-order valence-electron chi connectivity index (χ0n) is 5.03. The maximum atomic E-state index is 5.48. The molecular formula is C5H12OSi. The molecule has 0 aromatic rings. The van der Waals surface area contributed by atoms with Crippen LogP contribution in [0, 0.1) is 0 Å².